The number of carbonyl (C=O) groups excluding carboxylic acids is 2. The zero-order valence-corrected chi connectivity index (χ0v) is 19.6. The van der Waals surface area contributed by atoms with E-state index in [-0.39, 0.29) is 18.5 Å². The topological polar surface area (TPSA) is 84.2 Å². The third-order valence-electron chi connectivity index (χ3n) is 5.89. The first-order valence-corrected chi connectivity index (χ1v) is 11.2. The largest absolute Gasteiger partial charge is 0.461 e. The summed E-state index contributed by atoms with van der Waals surface area (Å²) in [6.45, 7) is 10.4. The first-order valence-electron chi connectivity index (χ1n) is 11.2. The lowest BCUT2D eigenvalue weighted by atomic mass is 10.0. The van der Waals surface area contributed by atoms with Crippen LogP contribution >= 0.6 is 0 Å². The fourth-order valence-corrected chi connectivity index (χ4v) is 4.24. The van der Waals surface area contributed by atoms with Gasteiger partial charge in [-0.1, -0.05) is 44.2 Å². The summed E-state index contributed by atoms with van der Waals surface area (Å²) in [6.07, 6.45) is 2.15. The van der Waals surface area contributed by atoms with Gasteiger partial charge in [0.25, 0.3) is 0 Å². The lowest BCUT2D eigenvalue weighted by Gasteiger charge is -2.05. The minimum absolute atomic E-state index is 0.230. The molecular formula is C26H32N2O4. The van der Waals surface area contributed by atoms with Crippen LogP contribution in [0.3, 0.4) is 0 Å². The van der Waals surface area contributed by atoms with Gasteiger partial charge in [0.15, 0.2) is 0 Å². The van der Waals surface area contributed by atoms with E-state index < -0.39 is 0 Å². The molecule has 3 aromatic rings. The van der Waals surface area contributed by atoms with Crippen molar-refractivity contribution in [2.75, 3.05) is 6.61 Å². The van der Waals surface area contributed by atoms with Crippen molar-refractivity contribution in [2.45, 2.75) is 60.5 Å². The molecule has 2 aromatic heterocycles. The number of nitrogens with one attached hydrogen (secondary N) is 2. The number of aromatic nitrogens is 2. The number of carbonyl (C=O) groups is 2. The maximum atomic E-state index is 12.8. The molecule has 0 fully saturated rings. The Hall–Kier alpha value is -3.28. The Labute approximate surface area is 189 Å². The van der Waals surface area contributed by atoms with E-state index in [1.807, 2.05) is 44.2 Å². The molecule has 0 spiro atoms. The Morgan fingerprint density at radius 2 is 1.28 bits per heavy atom. The number of ether oxygens (including phenoxy) is 2. The van der Waals surface area contributed by atoms with E-state index in [1.54, 1.807) is 6.92 Å². The van der Waals surface area contributed by atoms with Crippen LogP contribution in [0.5, 0.6) is 0 Å². The van der Waals surface area contributed by atoms with E-state index in [4.69, 9.17) is 9.47 Å². The van der Waals surface area contributed by atoms with Crippen LogP contribution in [-0.2, 0) is 35.3 Å². The van der Waals surface area contributed by atoms with Gasteiger partial charge in [-0.25, -0.2) is 9.59 Å². The van der Waals surface area contributed by atoms with E-state index in [2.05, 4.69) is 23.8 Å². The summed E-state index contributed by atoms with van der Waals surface area (Å²) in [7, 11) is 0. The molecule has 6 heteroatoms. The van der Waals surface area contributed by atoms with Crippen LogP contribution in [0, 0.1) is 13.8 Å². The zero-order valence-electron chi connectivity index (χ0n) is 19.6. The second-order valence-electron chi connectivity index (χ2n) is 7.83. The Kier molecular flexibility index (Phi) is 7.57. The number of H-pyrrole nitrogens is 2. The van der Waals surface area contributed by atoms with E-state index in [0.717, 1.165) is 52.0 Å². The van der Waals surface area contributed by atoms with Crippen LogP contribution in [0.1, 0.15) is 81.0 Å². The highest BCUT2D eigenvalue weighted by atomic mass is 16.5. The summed E-state index contributed by atoms with van der Waals surface area (Å²) < 4.78 is 10.7. The lowest BCUT2D eigenvalue weighted by Crippen LogP contribution is -2.07. The number of benzene rings is 1. The fraction of sp³-hybridized carbons (Fsp3) is 0.385. The van der Waals surface area contributed by atoms with Gasteiger partial charge >= 0.3 is 11.9 Å². The van der Waals surface area contributed by atoms with Crippen molar-refractivity contribution in [3.8, 4) is 0 Å². The Morgan fingerprint density at radius 1 is 0.781 bits per heavy atom. The summed E-state index contributed by atoms with van der Waals surface area (Å²) in [6, 6.07) is 9.63. The van der Waals surface area contributed by atoms with Crippen LogP contribution in [0.15, 0.2) is 30.3 Å². The molecular weight excluding hydrogens is 404 g/mol. The molecule has 0 aliphatic heterocycles. The van der Waals surface area contributed by atoms with Gasteiger partial charge in [-0.05, 0) is 61.4 Å². The van der Waals surface area contributed by atoms with Crippen molar-refractivity contribution in [3.63, 3.8) is 0 Å². The molecule has 3 rings (SSSR count). The molecule has 0 saturated carbocycles. The van der Waals surface area contributed by atoms with Crippen LogP contribution in [0.2, 0.25) is 0 Å². The van der Waals surface area contributed by atoms with E-state index in [1.165, 1.54) is 0 Å². The quantitative estimate of drug-likeness (QED) is 0.451. The minimum atomic E-state index is -0.363. The van der Waals surface area contributed by atoms with Gasteiger partial charge in [0.1, 0.15) is 18.0 Å². The molecule has 0 atom stereocenters. The molecule has 2 N–H and O–H groups in total. The van der Waals surface area contributed by atoms with Crippen molar-refractivity contribution < 1.29 is 19.1 Å². The van der Waals surface area contributed by atoms with Crippen molar-refractivity contribution in [1.82, 2.24) is 9.97 Å². The van der Waals surface area contributed by atoms with Gasteiger partial charge in [0, 0.05) is 17.8 Å². The number of hydrogen-bond donors (Lipinski definition) is 2. The van der Waals surface area contributed by atoms with Gasteiger partial charge in [-0.2, -0.15) is 0 Å². The second-order valence-corrected chi connectivity index (χ2v) is 7.83. The van der Waals surface area contributed by atoms with Gasteiger partial charge in [-0.15, -0.1) is 0 Å². The number of rotatable bonds is 9. The maximum absolute atomic E-state index is 12.8. The molecule has 0 unspecified atom stereocenters. The summed E-state index contributed by atoms with van der Waals surface area (Å²) in [5.74, 6) is -0.701. The zero-order chi connectivity index (χ0) is 23.3. The summed E-state index contributed by atoms with van der Waals surface area (Å²) in [4.78, 5) is 31.7. The average molecular weight is 437 g/mol. The summed E-state index contributed by atoms with van der Waals surface area (Å²) in [5.41, 5.74) is 7.90. The second kappa shape index (κ2) is 10.4. The summed E-state index contributed by atoms with van der Waals surface area (Å²) >= 11 is 0. The molecule has 0 saturated heterocycles. The van der Waals surface area contributed by atoms with Gasteiger partial charge in [0.2, 0.25) is 0 Å². The third-order valence-corrected chi connectivity index (χ3v) is 5.89. The molecule has 2 heterocycles. The summed E-state index contributed by atoms with van der Waals surface area (Å²) in [5, 5.41) is 0. The average Bonchev–Trinajstić information content (AvgIpc) is 3.28. The minimum Gasteiger partial charge on any atom is -0.461 e. The Balaban J connectivity index is 1.87. The number of esters is 2. The Bertz CT molecular complexity index is 1090. The van der Waals surface area contributed by atoms with Crippen LogP contribution in [0.4, 0.5) is 0 Å². The fourth-order valence-electron chi connectivity index (χ4n) is 4.24. The normalized spacial score (nSPS) is 10.9. The van der Waals surface area contributed by atoms with Crippen molar-refractivity contribution in [2.24, 2.45) is 0 Å². The predicted octanol–water partition coefficient (Wildman–Crippen LogP) is 5.21. The van der Waals surface area contributed by atoms with E-state index >= 15 is 0 Å². The van der Waals surface area contributed by atoms with Crippen molar-refractivity contribution in [3.05, 3.63) is 80.9 Å². The predicted molar refractivity (Wildman–Crippen MR) is 124 cm³/mol. The van der Waals surface area contributed by atoms with E-state index in [0.29, 0.717) is 24.4 Å². The third kappa shape index (κ3) is 4.79. The van der Waals surface area contributed by atoms with Gasteiger partial charge in [-0.3, -0.25) is 0 Å². The van der Waals surface area contributed by atoms with Gasteiger partial charge < -0.3 is 19.4 Å². The molecule has 0 bridgehead atoms. The van der Waals surface area contributed by atoms with Crippen molar-refractivity contribution in [1.29, 1.82) is 0 Å². The highest BCUT2D eigenvalue weighted by molar-refractivity contribution is 5.90. The van der Waals surface area contributed by atoms with Crippen LogP contribution < -0.4 is 0 Å². The van der Waals surface area contributed by atoms with E-state index in [9.17, 15) is 9.59 Å². The molecule has 0 aliphatic carbocycles. The van der Waals surface area contributed by atoms with Crippen LogP contribution in [-0.4, -0.2) is 28.5 Å². The molecule has 32 heavy (non-hydrogen) atoms. The lowest BCUT2D eigenvalue weighted by molar-refractivity contribution is 0.0464. The molecule has 0 radical (unpaired) electrons. The monoisotopic (exact) mass is 436 g/mol. The molecule has 0 amide bonds. The number of hydrogen-bond acceptors (Lipinski definition) is 4. The van der Waals surface area contributed by atoms with Crippen molar-refractivity contribution >= 4 is 11.9 Å². The highest BCUT2D eigenvalue weighted by Gasteiger charge is 2.23. The maximum Gasteiger partial charge on any atom is 0.355 e. The number of aromatic amines is 2. The molecule has 1 aromatic carbocycles. The highest BCUT2D eigenvalue weighted by Crippen LogP contribution is 2.27. The smallest absolute Gasteiger partial charge is 0.355 e. The first kappa shape index (κ1) is 23.4. The molecule has 6 nitrogen and oxygen atoms in total. The standard InChI is InChI=1S/C26H32N2O4/c1-6-19-16(4)23(25(29)31-8-3)27-21(19)14-22-20(7-2)17(5)24(28-22)26(30)32-15-18-12-10-9-11-13-18/h9-13,27-28H,6-8,14-15H2,1-5H3. The van der Waals surface area contributed by atoms with Crippen LogP contribution in [0.25, 0.3) is 0 Å². The SMILES string of the molecule is CCOC(=O)c1[nH]c(Cc2[nH]c(C(=O)OCc3ccccc3)c(C)c2CC)c(CC)c1C. The first-order chi connectivity index (χ1) is 15.4. The van der Waals surface area contributed by atoms with Gasteiger partial charge in [0.05, 0.1) is 6.61 Å². The molecule has 0 aliphatic rings. The molecule has 170 valence electrons. The Morgan fingerprint density at radius 3 is 1.75 bits per heavy atom.